The van der Waals surface area contributed by atoms with Gasteiger partial charge in [0.1, 0.15) is 0 Å². The quantitative estimate of drug-likeness (QED) is 0.130. The molecule has 0 bridgehead atoms. The molecule has 0 N–H and O–H groups in total. The molecule has 0 atom stereocenters. The summed E-state index contributed by atoms with van der Waals surface area (Å²) in [5, 5.41) is 3.53. The van der Waals surface area contributed by atoms with Crippen LogP contribution in [0.15, 0.2) is 129 Å². The van der Waals surface area contributed by atoms with Crippen molar-refractivity contribution in [1.82, 2.24) is 18.3 Å². The predicted octanol–water partition coefficient (Wildman–Crippen LogP) is 10.9. The Morgan fingerprint density at radius 3 is 0.627 bits per heavy atom. The third kappa shape index (κ3) is 7.63. The third-order valence-corrected chi connectivity index (χ3v) is 13.1. The zero-order valence-corrected chi connectivity index (χ0v) is 42.3. The Labute approximate surface area is 404 Å². The Balaban J connectivity index is 0.000000179. The molecule has 6 aromatic carbocycles. The van der Waals surface area contributed by atoms with Gasteiger partial charge in [0.2, 0.25) is 0 Å². The first-order chi connectivity index (χ1) is 31.4. The number of nitrogens with zero attached hydrogens (tertiary/aromatic N) is 4. The first-order valence-corrected chi connectivity index (χ1v) is 22.4. The smallest absolute Gasteiger partial charge is 0.172 e. The van der Waals surface area contributed by atoms with Gasteiger partial charge in [-0.05, 0) is 106 Å². The summed E-state index contributed by atoms with van der Waals surface area (Å²) in [6.45, 7) is 24.7. The van der Waals surface area contributed by atoms with Gasteiger partial charge in [0, 0.05) is 78.0 Å². The summed E-state index contributed by atoms with van der Waals surface area (Å²) >= 11 is 0. The summed E-state index contributed by atoms with van der Waals surface area (Å²) in [5.74, 6) is 0. The van der Waals surface area contributed by atoms with E-state index in [-0.39, 0.29) is 44.1 Å². The molecule has 1 radical (unpaired) electrons. The molecule has 8 nitrogen and oxygen atoms in total. The standard InChI is InChI=1S/2C29H27N2O2.Au/c2*1-16-11-18(3)24(19(4)12-16)30-15-31(25-20(5)13-17(2)14-21(25)6)27-26(30)28(32)22-9-7-8-10-23(22)29(27)33;/h2*7-15H,1-6H3;/q2*-1;. The molecule has 10 rings (SSSR count). The van der Waals surface area contributed by atoms with Gasteiger partial charge in [-0.25, -0.2) is 0 Å². The van der Waals surface area contributed by atoms with Crippen molar-refractivity contribution in [2.24, 2.45) is 0 Å². The molecule has 343 valence electrons. The molecular formula is C58H54AuN4O4-2. The molecule has 67 heavy (non-hydrogen) atoms. The van der Waals surface area contributed by atoms with Crippen LogP contribution in [0.5, 0.6) is 0 Å². The van der Waals surface area contributed by atoms with Crippen LogP contribution in [0.3, 0.4) is 0 Å². The maximum atomic E-state index is 13.8. The van der Waals surface area contributed by atoms with Crippen LogP contribution in [0.1, 0.15) is 66.8 Å². The van der Waals surface area contributed by atoms with Crippen LogP contribution in [-0.4, -0.2) is 18.3 Å². The minimum atomic E-state index is -0.124. The van der Waals surface area contributed by atoms with Crippen LogP contribution in [-0.2, 0) is 22.4 Å². The van der Waals surface area contributed by atoms with Crippen LogP contribution in [0, 0.1) is 104 Å². The van der Waals surface area contributed by atoms with Gasteiger partial charge in [0.15, 0.2) is 21.7 Å². The van der Waals surface area contributed by atoms with Gasteiger partial charge in [-0.1, -0.05) is 164 Å². The molecule has 0 fully saturated rings. The fraction of sp³-hybridized carbons (Fsp3) is 0.207. The number of rotatable bonds is 4. The van der Waals surface area contributed by atoms with E-state index < -0.39 is 0 Å². The average molecular weight is 1070 g/mol. The second kappa shape index (κ2) is 17.4. The largest absolute Gasteiger partial charge is 0.400 e. The first-order valence-electron chi connectivity index (χ1n) is 22.4. The third-order valence-electron chi connectivity index (χ3n) is 13.1. The van der Waals surface area contributed by atoms with Gasteiger partial charge in [0.05, 0.1) is 0 Å². The van der Waals surface area contributed by atoms with E-state index in [1.807, 2.05) is 55.2 Å². The van der Waals surface area contributed by atoms with Crippen molar-refractivity contribution < 1.29 is 22.4 Å². The van der Waals surface area contributed by atoms with Crippen molar-refractivity contribution in [3.8, 4) is 22.7 Å². The summed E-state index contributed by atoms with van der Waals surface area (Å²) in [7, 11) is 0. The Kier molecular flexibility index (Phi) is 12.1. The molecule has 4 aliphatic rings. The normalized spacial score (nSPS) is 11.4. The number of aryl methyl sites for hydroxylation is 12. The van der Waals surface area contributed by atoms with E-state index in [0.717, 1.165) is 67.3 Å². The number of aromatic nitrogens is 4. The van der Waals surface area contributed by atoms with E-state index in [2.05, 4.69) is 132 Å². The minimum Gasteiger partial charge on any atom is -0.400 e. The van der Waals surface area contributed by atoms with Crippen LogP contribution >= 0.6 is 0 Å². The minimum absolute atomic E-state index is 0. The van der Waals surface area contributed by atoms with Crippen molar-refractivity contribution in [2.45, 2.75) is 83.1 Å². The molecule has 0 amide bonds. The molecule has 0 unspecified atom stereocenters. The first kappa shape index (κ1) is 46.7. The number of fused-ring (bicyclic) bond motifs is 2. The monoisotopic (exact) mass is 1070 g/mol. The van der Waals surface area contributed by atoms with E-state index in [1.54, 1.807) is 24.3 Å². The topological polar surface area (TPSA) is 88.0 Å². The molecule has 9 heteroatoms. The molecule has 0 spiro atoms. The summed E-state index contributed by atoms with van der Waals surface area (Å²) in [6.07, 6.45) is 3.84. The van der Waals surface area contributed by atoms with Gasteiger partial charge in [0.25, 0.3) is 0 Å². The van der Waals surface area contributed by atoms with Crippen molar-refractivity contribution in [3.63, 3.8) is 0 Å². The average Bonchev–Trinajstić information content (AvgIpc) is 3.81. The molecule has 2 aliphatic heterocycles. The molecule has 2 aliphatic carbocycles. The Hall–Kier alpha value is -6.84. The molecule has 2 heterocycles. The van der Waals surface area contributed by atoms with Gasteiger partial charge >= 0.3 is 0 Å². The van der Waals surface area contributed by atoms with E-state index in [0.29, 0.717) is 42.9 Å². The molecule has 6 aromatic rings. The Bertz CT molecular complexity index is 3450. The summed E-state index contributed by atoms with van der Waals surface area (Å²) in [5.41, 5.74) is 16.5. The van der Waals surface area contributed by atoms with Crippen LogP contribution in [0.4, 0.5) is 0 Å². The fourth-order valence-electron chi connectivity index (χ4n) is 10.9. The van der Waals surface area contributed by atoms with Gasteiger partial charge in [-0.15, -0.1) is 0 Å². The van der Waals surface area contributed by atoms with E-state index in [4.69, 9.17) is 0 Å². The maximum Gasteiger partial charge on any atom is 0.172 e. The summed E-state index contributed by atoms with van der Waals surface area (Å²) < 4.78 is 7.70. The van der Waals surface area contributed by atoms with E-state index in [9.17, 15) is 19.2 Å². The zero-order chi connectivity index (χ0) is 47.2. The Morgan fingerprint density at radius 1 is 0.299 bits per heavy atom. The SMILES string of the molecule is Cc1cc(C)c(-n2[cH-]n(-c3c(C)cc(C)cc3C)c3c(=O)c4ccccc4c(=O)c2=3)c(C)c1.Cc1cc(C)c(-n2[cH-]n(-c3c(C)cc(C)cc3C)c3c(=O)c4ccccc4c(=O)c2=3)c(C)c1.[Au]. The van der Waals surface area contributed by atoms with Crippen molar-refractivity contribution in [3.05, 3.63) is 239 Å². The predicted molar refractivity (Wildman–Crippen MR) is 269 cm³/mol. The van der Waals surface area contributed by atoms with Crippen molar-refractivity contribution in [2.75, 3.05) is 0 Å². The van der Waals surface area contributed by atoms with Crippen molar-refractivity contribution >= 4 is 21.5 Å². The van der Waals surface area contributed by atoms with E-state index in [1.165, 1.54) is 22.3 Å². The van der Waals surface area contributed by atoms with Crippen LogP contribution in [0.25, 0.3) is 44.3 Å². The Morgan fingerprint density at radius 2 is 0.463 bits per heavy atom. The number of hydrogen-bond acceptors (Lipinski definition) is 4. The molecule has 0 saturated heterocycles. The molecule has 0 saturated carbocycles. The van der Waals surface area contributed by atoms with Gasteiger partial charge < -0.3 is 18.3 Å². The summed E-state index contributed by atoms with van der Waals surface area (Å²) in [6, 6.07) is 31.2. The summed E-state index contributed by atoms with van der Waals surface area (Å²) in [4.78, 5) is 55.3. The van der Waals surface area contributed by atoms with Crippen LogP contribution in [0.2, 0.25) is 0 Å². The zero-order valence-electron chi connectivity index (χ0n) is 40.1. The van der Waals surface area contributed by atoms with Gasteiger partial charge in [-0.2, -0.15) is 0 Å². The second-order valence-electron chi connectivity index (χ2n) is 18.5. The molecular weight excluding hydrogens is 1010 g/mol. The van der Waals surface area contributed by atoms with Gasteiger partial charge in [-0.3, -0.25) is 19.2 Å². The maximum absolute atomic E-state index is 13.8. The number of benzene rings is 6. The van der Waals surface area contributed by atoms with Crippen LogP contribution < -0.4 is 21.7 Å². The van der Waals surface area contributed by atoms with E-state index >= 15 is 0 Å². The van der Waals surface area contributed by atoms with Crippen molar-refractivity contribution in [1.29, 1.82) is 0 Å². The number of hydrogen-bond donors (Lipinski definition) is 0. The second-order valence-corrected chi connectivity index (χ2v) is 18.5. The fourth-order valence-corrected chi connectivity index (χ4v) is 10.9. The molecule has 0 aromatic heterocycles.